The number of fused-ring (bicyclic) bond motifs is 2. The zero-order valence-electron chi connectivity index (χ0n) is 24.6. The van der Waals surface area contributed by atoms with Crippen LogP contribution in [-0.2, 0) is 4.79 Å². The van der Waals surface area contributed by atoms with Crippen molar-refractivity contribution >= 4 is 49.3 Å². The Balaban J connectivity index is 1.48. The lowest BCUT2D eigenvalue weighted by atomic mass is 9.95. The lowest BCUT2D eigenvalue weighted by Gasteiger charge is -2.25. The molecule has 3 heterocycles. The minimum atomic E-state index is -0.992. The summed E-state index contributed by atoms with van der Waals surface area (Å²) in [5.74, 6) is -0.436. The maximum absolute atomic E-state index is 14.1. The molecule has 0 fully saturated rings. The highest BCUT2D eigenvalue weighted by Crippen LogP contribution is 2.46. The number of anilines is 1. The van der Waals surface area contributed by atoms with E-state index in [9.17, 15) is 14.7 Å². The molecule has 0 unspecified atom stereocenters. The Morgan fingerprint density at radius 2 is 1.88 bits per heavy atom. The second kappa shape index (κ2) is 11.2. The molecule has 5 aromatic rings. The summed E-state index contributed by atoms with van der Waals surface area (Å²) < 4.78 is 18.4. The van der Waals surface area contributed by atoms with Crippen LogP contribution in [0.1, 0.15) is 53.6 Å². The zero-order valence-corrected chi connectivity index (χ0v) is 25.5. The van der Waals surface area contributed by atoms with Crippen molar-refractivity contribution in [3.63, 3.8) is 0 Å². The van der Waals surface area contributed by atoms with Gasteiger partial charge in [-0.3, -0.25) is 14.5 Å². The number of carbonyl (C=O) groups is 2. The van der Waals surface area contributed by atoms with Crippen molar-refractivity contribution < 1.29 is 28.6 Å². The average molecular weight is 597 g/mol. The molecule has 1 aliphatic rings. The number of carbonyl (C=O) groups excluding carboxylic acids is 2. The molecule has 6 rings (SSSR count). The third kappa shape index (κ3) is 5.14. The number of hydrogen-bond donors (Lipinski definition) is 1. The number of benzene rings is 3. The molecule has 0 saturated carbocycles. The molecule has 1 amide bonds. The van der Waals surface area contributed by atoms with Crippen molar-refractivity contribution in [1.29, 1.82) is 0 Å². The van der Waals surface area contributed by atoms with Crippen LogP contribution < -0.4 is 14.4 Å². The van der Waals surface area contributed by atoms with Gasteiger partial charge < -0.3 is 19.0 Å². The molecule has 1 aliphatic heterocycles. The predicted molar refractivity (Wildman–Crippen MR) is 167 cm³/mol. The first kappa shape index (κ1) is 28.5. The number of ether oxygens (including phenoxy) is 2. The maximum atomic E-state index is 14.1. The van der Waals surface area contributed by atoms with E-state index in [2.05, 4.69) is 13.8 Å². The number of hydrogen-bond acceptors (Lipinski definition) is 8. The quantitative estimate of drug-likeness (QED) is 0.173. The van der Waals surface area contributed by atoms with Crippen LogP contribution in [0, 0.1) is 19.8 Å². The summed E-state index contributed by atoms with van der Waals surface area (Å²) in [6.45, 7) is 8.74. The summed E-state index contributed by atoms with van der Waals surface area (Å²) >= 11 is 1.33. The minimum absolute atomic E-state index is 0.0266. The van der Waals surface area contributed by atoms with E-state index >= 15 is 0 Å². The standard InChI is InChI=1S/C34H32N2O6S/c1-18(2)12-13-41-24-11-10-22(17-25(24)40-5)30-28(31(37)26-16-21-8-6-7-9-23(21)42-26)32(38)33(39)36(30)34-35-29-20(4)14-19(3)15-27(29)43-34/h6-11,14-18,30,38H,12-13H2,1-5H3/t30-/m1/s1. The first-order chi connectivity index (χ1) is 20.7. The molecule has 0 radical (unpaired) electrons. The van der Waals surface area contributed by atoms with E-state index < -0.39 is 23.5 Å². The van der Waals surface area contributed by atoms with Gasteiger partial charge in [0.25, 0.3) is 5.91 Å². The fraction of sp³-hybridized carbons (Fsp3) is 0.265. The highest BCUT2D eigenvalue weighted by atomic mass is 32.1. The second-order valence-corrected chi connectivity index (χ2v) is 12.2. The van der Waals surface area contributed by atoms with Gasteiger partial charge in [0.05, 0.1) is 35.5 Å². The molecule has 0 saturated heterocycles. The molecule has 9 heteroatoms. The molecular formula is C34H32N2O6S. The van der Waals surface area contributed by atoms with Gasteiger partial charge >= 0.3 is 0 Å². The zero-order chi connectivity index (χ0) is 30.4. The van der Waals surface area contributed by atoms with E-state index in [1.54, 1.807) is 37.4 Å². The maximum Gasteiger partial charge on any atom is 0.296 e. The lowest BCUT2D eigenvalue weighted by molar-refractivity contribution is -0.117. The number of para-hydroxylation sites is 1. The van der Waals surface area contributed by atoms with Gasteiger partial charge in [-0.2, -0.15) is 0 Å². The Morgan fingerprint density at radius 3 is 2.63 bits per heavy atom. The number of methoxy groups -OCH3 is 1. The Bertz CT molecular complexity index is 1880. The predicted octanol–water partition coefficient (Wildman–Crippen LogP) is 7.88. The summed E-state index contributed by atoms with van der Waals surface area (Å²) in [4.78, 5) is 34.1. The molecule has 0 bridgehead atoms. The van der Waals surface area contributed by atoms with Crippen LogP contribution in [-0.4, -0.2) is 35.5 Å². The molecule has 1 N–H and O–H groups in total. The first-order valence-corrected chi connectivity index (χ1v) is 15.0. The van der Waals surface area contributed by atoms with Crippen molar-refractivity contribution in [3.8, 4) is 11.5 Å². The normalized spacial score (nSPS) is 15.3. The molecule has 0 aliphatic carbocycles. The number of Topliss-reactive ketones (excluding diaryl/α,β-unsaturated/α-hetero) is 1. The average Bonchev–Trinajstić information content (AvgIpc) is 3.67. The molecule has 220 valence electrons. The van der Waals surface area contributed by atoms with Crippen LogP contribution in [0.25, 0.3) is 21.2 Å². The number of aliphatic hydroxyl groups is 1. The van der Waals surface area contributed by atoms with E-state index in [-0.39, 0.29) is 11.3 Å². The van der Waals surface area contributed by atoms with Gasteiger partial charge in [0.1, 0.15) is 5.58 Å². The van der Waals surface area contributed by atoms with Crippen LogP contribution in [0.5, 0.6) is 11.5 Å². The molecule has 43 heavy (non-hydrogen) atoms. The first-order valence-electron chi connectivity index (χ1n) is 14.1. The monoisotopic (exact) mass is 596 g/mol. The van der Waals surface area contributed by atoms with Gasteiger partial charge in [-0.05, 0) is 73.2 Å². The van der Waals surface area contributed by atoms with Crippen molar-refractivity contribution in [2.24, 2.45) is 5.92 Å². The van der Waals surface area contributed by atoms with Gasteiger partial charge in [-0.15, -0.1) is 0 Å². The number of amides is 1. The van der Waals surface area contributed by atoms with Crippen LogP contribution in [0.4, 0.5) is 5.13 Å². The van der Waals surface area contributed by atoms with E-state index in [0.717, 1.165) is 33.2 Å². The lowest BCUT2D eigenvalue weighted by Crippen LogP contribution is -2.31. The fourth-order valence-electron chi connectivity index (χ4n) is 5.42. The third-order valence-corrected chi connectivity index (χ3v) is 8.58. The topological polar surface area (TPSA) is 102 Å². The SMILES string of the molecule is COc1cc([C@@H]2C(C(=O)c3cc4ccccc4o3)=C(O)C(=O)N2c2nc3c(C)cc(C)cc3s2)ccc1OCCC(C)C. The molecule has 1 atom stereocenters. The van der Waals surface area contributed by atoms with Crippen LogP contribution >= 0.6 is 11.3 Å². The number of ketones is 1. The molecule has 0 spiro atoms. The number of aliphatic hydroxyl groups excluding tert-OH is 1. The van der Waals surface area contributed by atoms with E-state index in [0.29, 0.717) is 40.3 Å². The van der Waals surface area contributed by atoms with E-state index in [4.69, 9.17) is 18.9 Å². The number of nitrogens with zero attached hydrogens (tertiary/aromatic N) is 2. The number of thiazole rings is 1. The van der Waals surface area contributed by atoms with Crippen molar-refractivity contribution in [3.05, 3.63) is 94.4 Å². The summed E-state index contributed by atoms with van der Waals surface area (Å²) in [6, 6.07) is 17.2. The number of rotatable bonds is 9. The highest BCUT2D eigenvalue weighted by molar-refractivity contribution is 7.22. The van der Waals surface area contributed by atoms with Crippen molar-refractivity contribution in [2.75, 3.05) is 18.6 Å². The smallest absolute Gasteiger partial charge is 0.296 e. The van der Waals surface area contributed by atoms with Crippen LogP contribution in [0.15, 0.2) is 76.4 Å². The van der Waals surface area contributed by atoms with Crippen LogP contribution in [0.2, 0.25) is 0 Å². The Hall–Kier alpha value is -4.63. The fourth-order valence-corrected chi connectivity index (χ4v) is 6.58. The molecule has 3 aromatic carbocycles. The largest absolute Gasteiger partial charge is 0.503 e. The second-order valence-electron chi connectivity index (χ2n) is 11.2. The van der Waals surface area contributed by atoms with Gasteiger partial charge in [0, 0.05) is 5.39 Å². The number of aryl methyl sites for hydroxylation is 2. The molecule has 8 nitrogen and oxygen atoms in total. The molecular weight excluding hydrogens is 564 g/mol. The van der Waals surface area contributed by atoms with Crippen LogP contribution in [0.3, 0.4) is 0 Å². The minimum Gasteiger partial charge on any atom is -0.503 e. The number of aromatic nitrogens is 1. The summed E-state index contributed by atoms with van der Waals surface area (Å²) in [7, 11) is 1.54. The summed E-state index contributed by atoms with van der Waals surface area (Å²) in [5.41, 5.74) is 3.80. The van der Waals surface area contributed by atoms with Crippen molar-refractivity contribution in [2.45, 2.75) is 40.2 Å². The summed E-state index contributed by atoms with van der Waals surface area (Å²) in [6.07, 6.45) is 0.874. The molecule has 2 aromatic heterocycles. The van der Waals surface area contributed by atoms with E-state index in [1.165, 1.54) is 16.2 Å². The Labute approximate surface area is 253 Å². The third-order valence-electron chi connectivity index (χ3n) is 7.58. The Kier molecular flexibility index (Phi) is 7.43. The van der Waals surface area contributed by atoms with Gasteiger partial charge in [-0.1, -0.05) is 55.5 Å². The van der Waals surface area contributed by atoms with E-state index in [1.807, 2.05) is 44.2 Å². The van der Waals surface area contributed by atoms with Gasteiger partial charge in [-0.25, -0.2) is 4.98 Å². The summed E-state index contributed by atoms with van der Waals surface area (Å²) in [5, 5.41) is 12.4. The number of furan rings is 1. The Morgan fingerprint density at radius 1 is 1.09 bits per heavy atom. The highest BCUT2D eigenvalue weighted by Gasteiger charge is 2.47. The van der Waals surface area contributed by atoms with Gasteiger partial charge in [0.2, 0.25) is 5.78 Å². The van der Waals surface area contributed by atoms with Crippen molar-refractivity contribution in [1.82, 2.24) is 4.98 Å². The van der Waals surface area contributed by atoms with Gasteiger partial charge in [0.15, 0.2) is 28.1 Å².